The summed E-state index contributed by atoms with van der Waals surface area (Å²) in [6, 6.07) is 15.1. The molecule has 1 N–H and O–H groups in total. The molecular formula is C28H36N4O. The summed E-state index contributed by atoms with van der Waals surface area (Å²) in [5.41, 5.74) is 7.76. The maximum atomic E-state index is 13.6. The average Bonchev–Trinajstić information content (AvgIpc) is 3.04. The Morgan fingerprint density at radius 2 is 1.64 bits per heavy atom. The summed E-state index contributed by atoms with van der Waals surface area (Å²) in [4.78, 5) is 15.7. The van der Waals surface area contributed by atoms with Gasteiger partial charge in [-0.2, -0.15) is 5.10 Å². The number of aromatic nitrogens is 2. The molecule has 5 heteroatoms. The molecule has 33 heavy (non-hydrogen) atoms. The van der Waals surface area contributed by atoms with Crippen molar-refractivity contribution in [3.63, 3.8) is 0 Å². The van der Waals surface area contributed by atoms with Gasteiger partial charge in [-0.1, -0.05) is 67.6 Å². The molecule has 0 atom stereocenters. The molecule has 4 rings (SSSR count). The van der Waals surface area contributed by atoms with Gasteiger partial charge in [-0.3, -0.25) is 4.68 Å². The molecule has 3 aromatic rings. The van der Waals surface area contributed by atoms with Gasteiger partial charge in [-0.15, -0.1) is 0 Å². The maximum absolute atomic E-state index is 13.6. The predicted molar refractivity (Wildman–Crippen MR) is 135 cm³/mol. The van der Waals surface area contributed by atoms with E-state index in [0.717, 1.165) is 46.5 Å². The van der Waals surface area contributed by atoms with Crippen LogP contribution in [0.4, 0.5) is 10.5 Å². The Labute approximate surface area is 197 Å². The summed E-state index contributed by atoms with van der Waals surface area (Å²) in [5.74, 6) is 0. The molecule has 1 heterocycles. The van der Waals surface area contributed by atoms with E-state index in [2.05, 4.69) is 72.5 Å². The Bertz CT molecular complexity index is 1070. The smallest absolute Gasteiger partial charge is 0.317 e. The fourth-order valence-corrected chi connectivity index (χ4v) is 5.13. The third-order valence-electron chi connectivity index (χ3n) is 6.86. The number of amides is 2. The topological polar surface area (TPSA) is 50.2 Å². The summed E-state index contributed by atoms with van der Waals surface area (Å²) >= 11 is 0. The SMILES string of the molecule is Cc1cc(C)c(NC(=O)N(Cc2ccc(-c3ccnn3C)cc2)C2CCCCCC2)c(C)c1. The van der Waals surface area contributed by atoms with E-state index >= 15 is 0 Å². The fourth-order valence-electron chi connectivity index (χ4n) is 5.13. The normalized spacial score (nSPS) is 14.7. The van der Waals surface area contributed by atoms with E-state index in [1.165, 1.54) is 31.2 Å². The lowest BCUT2D eigenvalue weighted by Crippen LogP contribution is -2.42. The molecule has 1 aliphatic carbocycles. The first-order valence-corrected chi connectivity index (χ1v) is 12.1. The van der Waals surface area contributed by atoms with Crippen molar-refractivity contribution >= 4 is 11.7 Å². The number of carbonyl (C=O) groups excluding carboxylic acids is 1. The van der Waals surface area contributed by atoms with Gasteiger partial charge < -0.3 is 10.2 Å². The predicted octanol–water partition coefficient (Wildman–Crippen LogP) is 6.77. The van der Waals surface area contributed by atoms with Gasteiger partial charge in [0, 0.05) is 31.5 Å². The number of aryl methyl sites for hydroxylation is 4. The third kappa shape index (κ3) is 5.47. The zero-order valence-electron chi connectivity index (χ0n) is 20.4. The summed E-state index contributed by atoms with van der Waals surface area (Å²) in [6.45, 7) is 6.86. The zero-order valence-corrected chi connectivity index (χ0v) is 20.4. The van der Waals surface area contributed by atoms with Crippen molar-refractivity contribution in [2.75, 3.05) is 5.32 Å². The highest BCUT2D eigenvalue weighted by molar-refractivity contribution is 5.91. The number of anilines is 1. The van der Waals surface area contributed by atoms with E-state index in [1.807, 2.05) is 24.0 Å². The molecule has 1 aliphatic rings. The van der Waals surface area contributed by atoms with Crippen LogP contribution in [0.25, 0.3) is 11.3 Å². The number of nitrogens with one attached hydrogen (secondary N) is 1. The molecule has 1 fully saturated rings. The number of urea groups is 1. The molecule has 2 amide bonds. The zero-order chi connectivity index (χ0) is 23.4. The fraction of sp³-hybridized carbons (Fsp3) is 0.429. The van der Waals surface area contributed by atoms with Crippen LogP contribution in [0, 0.1) is 20.8 Å². The minimum absolute atomic E-state index is 0.00710. The van der Waals surface area contributed by atoms with Gasteiger partial charge in [-0.25, -0.2) is 4.79 Å². The molecule has 5 nitrogen and oxygen atoms in total. The van der Waals surface area contributed by atoms with Crippen LogP contribution in [-0.2, 0) is 13.6 Å². The van der Waals surface area contributed by atoms with Gasteiger partial charge in [0.2, 0.25) is 0 Å². The van der Waals surface area contributed by atoms with Crippen molar-refractivity contribution in [3.05, 3.63) is 70.9 Å². The number of benzene rings is 2. The molecule has 0 radical (unpaired) electrons. The molecule has 1 aromatic heterocycles. The third-order valence-corrected chi connectivity index (χ3v) is 6.86. The maximum Gasteiger partial charge on any atom is 0.322 e. The van der Waals surface area contributed by atoms with E-state index in [1.54, 1.807) is 0 Å². The van der Waals surface area contributed by atoms with E-state index in [0.29, 0.717) is 6.54 Å². The first-order chi connectivity index (χ1) is 15.9. The van der Waals surface area contributed by atoms with Crippen LogP contribution in [0.2, 0.25) is 0 Å². The lowest BCUT2D eigenvalue weighted by Gasteiger charge is -2.32. The van der Waals surface area contributed by atoms with E-state index in [9.17, 15) is 4.79 Å². The lowest BCUT2D eigenvalue weighted by molar-refractivity contribution is 0.175. The Balaban J connectivity index is 1.57. The summed E-state index contributed by atoms with van der Waals surface area (Å²) < 4.78 is 1.88. The Morgan fingerprint density at radius 1 is 1.00 bits per heavy atom. The summed E-state index contributed by atoms with van der Waals surface area (Å²) in [6.07, 6.45) is 8.88. The van der Waals surface area contributed by atoms with Gasteiger partial charge in [0.05, 0.1) is 5.69 Å². The van der Waals surface area contributed by atoms with Gasteiger partial charge in [0.15, 0.2) is 0 Å². The van der Waals surface area contributed by atoms with E-state index < -0.39 is 0 Å². The highest BCUT2D eigenvalue weighted by atomic mass is 16.2. The van der Waals surface area contributed by atoms with Gasteiger partial charge in [-0.05, 0) is 61.9 Å². The van der Waals surface area contributed by atoms with Gasteiger partial charge in [0.1, 0.15) is 0 Å². The first kappa shape index (κ1) is 23.1. The highest BCUT2D eigenvalue weighted by Gasteiger charge is 2.26. The van der Waals surface area contributed by atoms with Crippen LogP contribution in [0.5, 0.6) is 0 Å². The van der Waals surface area contributed by atoms with Crippen LogP contribution in [0.1, 0.15) is 60.8 Å². The second-order valence-corrected chi connectivity index (χ2v) is 9.51. The highest BCUT2D eigenvalue weighted by Crippen LogP contribution is 2.27. The van der Waals surface area contributed by atoms with E-state index in [-0.39, 0.29) is 12.1 Å². The number of nitrogens with zero attached hydrogens (tertiary/aromatic N) is 3. The van der Waals surface area contributed by atoms with Gasteiger partial charge >= 0.3 is 6.03 Å². The molecule has 1 saturated carbocycles. The largest absolute Gasteiger partial charge is 0.322 e. The number of hydrogen-bond acceptors (Lipinski definition) is 2. The molecule has 0 bridgehead atoms. The van der Waals surface area contributed by atoms with E-state index in [4.69, 9.17) is 0 Å². The molecule has 174 valence electrons. The standard InChI is InChI=1S/C28H36N4O/c1-20-17-21(2)27(22(3)18-20)30-28(33)32(25-9-7-5-6-8-10-25)19-23-11-13-24(14-12-23)26-15-16-29-31(26)4/h11-18,25H,5-10,19H2,1-4H3,(H,30,33). The second kappa shape index (κ2) is 10.2. The van der Waals surface area contributed by atoms with Crippen molar-refractivity contribution in [1.82, 2.24) is 14.7 Å². The van der Waals surface area contributed by atoms with Crippen LogP contribution >= 0.6 is 0 Å². The van der Waals surface area contributed by atoms with Crippen LogP contribution in [0.15, 0.2) is 48.7 Å². The van der Waals surface area contributed by atoms with Crippen molar-refractivity contribution < 1.29 is 4.79 Å². The Kier molecular flexibility index (Phi) is 7.17. The van der Waals surface area contributed by atoms with Crippen LogP contribution in [0.3, 0.4) is 0 Å². The van der Waals surface area contributed by atoms with Crippen LogP contribution < -0.4 is 5.32 Å². The van der Waals surface area contributed by atoms with Crippen molar-refractivity contribution in [1.29, 1.82) is 0 Å². The number of rotatable bonds is 5. The quantitative estimate of drug-likeness (QED) is 0.442. The van der Waals surface area contributed by atoms with Crippen LogP contribution in [-0.4, -0.2) is 26.8 Å². The molecule has 0 aliphatic heterocycles. The first-order valence-electron chi connectivity index (χ1n) is 12.1. The molecule has 2 aromatic carbocycles. The summed E-state index contributed by atoms with van der Waals surface area (Å²) in [5, 5.41) is 7.53. The Morgan fingerprint density at radius 3 is 2.21 bits per heavy atom. The number of carbonyl (C=O) groups is 1. The minimum Gasteiger partial charge on any atom is -0.317 e. The minimum atomic E-state index is 0.00710. The summed E-state index contributed by atoms with van der Waals surface area (Å²) in [7, 11) is 1.95. The lowest BCUT2D eigenvalue weighted by atomic mass is 10.0. The average molecular weight is 445 g/mol. The van der Waals surface area contributed by atoms with Gasteiger partial charge in [0.25, 0.3) is 0 Å². The van der Waals surface area contributed by atoms with Crippen molar-refractivity contribution in [3.8, 4) is 11.3 Å². The monoisotopic (exact) mass is 444 g/mol. The molecule has 0 unspecified atom stereocenters. The molecular weight excluding hydrogens is 408 g/mol. The Hall–Kier alpha value is -3.08. The van der Waals surface area contributed by atoms with Crippen molar-refractivity contribution in [2.24, 2.45) is 7.05 Å². The second-order valence-electron chi connectivity index (χ2n) is 9.51. The molecule has 0 saturated heterocycles. The number of hydrogen-bond donors (Lipinski definition) is 1. The molecule has 0 spiro atoms. The van der Waals surface area contributed by atoms with Crippen molar-refractivity contribution in [2.45, 2.75) is 71.9 Å².